The van der Waals surface area contributed by atoms with Gasteiger partial charge in [-0.05, 0) is 65.4 Å². The van der Waals surface area contributed by atoms with Crippen LogP contribution in [0, 0.1) is 17.5 Å². The van der Waals surface area contributed by atoms with Crippen molar-refractivity contribution in [1.82, 2.24) is 9.88 Å². The highest BCUT2D eigenvalue weighted by molar-refractivity contribution is 7.99. The largest absolute Gasteiger partial charge is 0.494 e. The van der Waals surface area contributed by atoms with Crippen LogP contribution >= 0.6 is 11.8 Å². The maximum absolute atomic E-state index is 15.4. The van der Waals surface area contributed by atoms with Crippen LogP contribution in [0.4, 0.5) is 26.3 Å². The average molecular weight is 635 g/mol. The number of nitrogens with one attached hydrogen (secondary N) is 1. The maximum Gasteiger partial charge on any atom is 0.418 e. The topological polar surface area (TPSA) is 73.4 Å². The van der Waals surface area contributed by atoms with Crippen LogP contribution in [0.1, 0.15) is 35.6 Å². The zero-order chi connectivity index (χ0) is 32.0. The fourth-order valence-electron chi connectivity index (χ4n) is 5.75. The van der Waals surface area contributed by atoms with Crippen molar-refractivity contribution < 1.29 is 36.2 Å². The number of halogens is 6. The summed E-state index contributed by atoms with van der Waals surface area (Å²) >= 11 is 0.873. The molecule has 4 aromatic rings. The summed E-state index contributed by atoms with van der Waals surface area (Å²) in [6.45, 7) is 5.24. The van der Waals surface area contributed by atoms with E-state index >= 15 is 8.78 Å². The molecule has 0 bridgehead atoms. The molecule has 0 spiro atoms. The molecule has 1 saturated heterocycles. The summed E-state index contributed by atoms with van der Waals surface area (Å²) in [5, 5.41) is 14.8. The number of thioether (sulfide) groups is 1. The second-order valence-electron chi connectivity index (χ2n) is 10.4. The lowest BCUT2D eigenvalue weighted by Crippen LogP contribution is -2.54. The van der Waals surface area contributed by atoms with Crippen molar-refractivity contribution in [2.75, 3.05) is 18.6 Å². The number of rotatable bonds is 10. The molecule has 4 atom stereocenters. The van der Waals surface area contributed by atoms with Crippen LogP contribution in [-0.2, 0) is 0 Å². The van der Waals surface area contributed by atoms with Crippen molar-refractivity contribution in [3.8, 4) is 11.4 Å². The van der Waals surface area contributed by atoms with E-state index in [0.717, 1.165) is 42.1 Å². The highest BCUT2D eigenvalue weighted by Gasteiger charge is 2.64. The molecule has 5 nitrogen and oxygen atoms in total. The molecule has 5 rings (SSSR count). The van der Waals surface area contributed by atoms with E-state index in [1.54, 1.807) is 6.92 Å². The molecule has 12 heteroatoms. The first kappa shape index (κ1) is 31.7. The Morgan fingerprint density at radius 3 is 2.39 bits per heavy atom. The highest BCUT2D eigenvalue weighted by Crippen LogP contribution is 2.53. The van der Waals surface area contributed by atoms with Gasteiger partial charge in [0.05, 0.1) is 12.6 Å². The van der Waals surface area contributed by atoms with Crippen molar-refractivity contribution in [2.24, 2.45) is 0 Å². The lowest BCUT2D eigenvalue weighted by Gasteiger charge is -2.38. The van der Waals surface area contributed by atoms with Crippen LogP contribution in [0.5, 0.6) is 5.75 Å². The van der Waals surface area contributed by atoms with Gasteiger partial charge in [-0.1, -0.05) is 25.6 Å². The molecule has 3 aromatic carbocycles. The Bertz CT molecular complexity index is 1780. The average Bonchev–Trinajstić information content (AvgIpc) is 3.76. The quantitative estimate of drug-likeness (QED) is 0.147. The van der Waals surface area contributed by atoms with Gasteiger partial charge < -0.3 is 15.2 Å². The summed E-state index contributed by atoms with van der Waals surface area (Å²) in [6, 6.07) is 10.3. The number of fused-ring (bicyclic) bond motifs is 1. The molecule has 2 N–H and O–H groups in total. The van der Waals surface area contributed by atoms with Gasteiger partial charge in [-0.15, -0.1) is 0 Å². The fraction of sp³-hybridized carbons (Fsp3) is 0.281. The molecule has 1 aliphatic rings. The Morgan fingerprint density at radius 1 is 1.07 bits per heavy atom. The lowest BCUT2D eigenvalue weighted by atomic mass is 9.76. The number of aliphatic hydroxyl groups is 1. The smallest absolute Gasteiger partial charge is 0.418 e. The third kappa shape index (κ3) is 5.50. The molecule has 0 saturated carbocycles. The van der Waals surface area contributed by atoms with E-state index in [1.165, 1.54) is 48.1 Å². The van der Waals surface area contributed by atoms with Gasteiger partial charge in [0.1, 0.15) is 11.6 Å². The normalized spacial score (nSPS) is 18.6. The molecule has 0 radical (unpaired) electrons. The van der Waals surface area contributed by atoms with Crippen molar-refractivity contribution in [2.45, 2.75) is 36.7 Å². The molecular weight excluding hydrogens is 606 g/mol. The Hall–Kier alpha value is -3.74. The second-order valence-corrected chi connectivity index (χ2v) is 11.7. The predicted octanol–water partition coefficient (Wildman–Crippen LogP) is 6.90. The van der Waals surface area contributed by atoms with E-state index in [4.69, 9.17) is 4.74 Å². The summed E-state index contributed by atoms with van der Waals surface area (Å²) in [4.78, 5) is 12.9. The molecule has 4 unspecified atom stereocenters. The molecule has 44 heavy (non-hydrogen) atoms. The Morgan fingerprint density at radius 2 is 1.77 bits per heavy atom. The van der Waals surface area contributed by atoms with E-state index in [0.29, 0.717) is 5.39 Å². The Kier molecular flexibility index (Phi) is 8.63. The van der Waals surface area contributed by atoms with Crippen LogP contribution in [0.15, 0.2) is 72.0 Å². The predicted molar refractivity (Wildman–Crippen MR) is 159 cm³/mol. The van der Waals surface area contributed by atoms with E-state index in [-0.39, 0.29) is 39.4 Å². The first-order chi connectivity index (χ1) is 20.9. The molecule has 1 fully saturated rings. The number of pyridine rings is 1. The lowest BCUT2D eigenvalue weighted by molar-refractivity contribution is -0.259. The van der Waals surface area contributed by atoms with E-state index in [1.807, 2.05) is 0 Å². The summed E-state index contributed by atoms with van der Waals surface area (Å²) in [7, 11) is 1.21. The van der Waals surface area contributed by atoms with Crippen molar-refractivity contribution in [3.63, 3.8) is 0 Å². The highest BCUT2D eigenvalue weighted by atomic mass is 32.2. The van der Waals surface area contributed by atoms with Crippen LogP contribution < -0.4 is 15.6 Å². The van der Waals surface area contributed by atoms with Gasteiger partial charge in [-0.25, -0.2) is 13.2 Å². The zero-order valence-corrected chi connectivity index (χ0v) is 24.4. The van der Waals surface area contributed by atoms with E-state index in [9.17, 15) is 27.5 Å². The summed E-state index contributed by atoms with van der Waals surface area (Å²) < 4.78 is 94.8. The van der Waals surface area contributed by atoms with E-state index in [2.05, 4.69) is 11.9 Å². The molecule has 1 aromatic heterocycles. The fourth-order valence-corrected chi connectivity index (χ4v) is 6.61. The molecule has 2 heterocycles. The molecule has 0 aliphatic carbocycles. The second kappa shape index (κ2) is 12.0. The third-order valence-electron chi connectivity index (χ3n) is 7.88. The number of benzene rings is 3. The van der Waals surface area contributed by atoms with Crippen LogP contribution in [-0.4, -0.2) is 46.1 Å². The summed E-state index contributed by atoms with van der Waals surface area (Å²) in [5.41, 5.74) is -3.70. The molecule has 1 aliphatic heterocycles. The first-order valence-electron chi connectivity index (χ1n) is 13.6. The minimum Gasteiger partial charge on any atom is -0.494 e. The van der Waals surface area contributed by atoms with Gasteiger partial charge in [0, 0.05) is 46.5 Å². The van der Waals surface area contributed by atoms with E-state index < -0.39 is 58.5 Å². The third-order valence-corrected chi connectivity index (χ3v) is 8.93. The minimum absolute atomic E-state index is 0.109. The number of methoxy groups -OCH3 is 1. The molecule has 232 valence electrons. The van der Waals surface area contributed by atoms with Gasteiger partial charge in [-0.2, -0.15) is 24.9 Å². The van der Waals surface area contributed by atoms with Crippen molar-refractivity contribution in [1.29, 1.82) is 0 Å². The number of nitrogens with zero attached hydrogens (tertiary/aromatic N) is 1. The number of ether oxygens (including phenoxy) is 1. The van der Waals surface area contributed by atoms with Crippen LogP contribution in [0.25, 0.3) is 22.7 Å². The van der Waals surface area contributed by atoms with Gasteiger partial charge in [0.15, 0.2) is 17.2 Å². The first-order valence-corrected chi connectivity index (χ1v) is 14.7. The number of hydrogen-bond donors (Lipinski definition) is 2. The van der Waals surface area contributed by atoms with Gasteiger partial charge >= 0.3 is 6.18 Å². The van der Waals surface area contributed by atoms with Crippen molar-refractivity contribution in [3.05, 3.63) is 112 Å². The number of aromatic nitrogens is 1. The zero-order valence-electron chi connectivity index (χ0n) is 23.6. The van der Waals surface area contributed by atoms with Gasteiger partial charge in [-0.3, -0.25) is 9.36 Å². The van der Waals surface area contributed by atoms with Gasteiger partial charge in [0.2, 0.25) is 0 Å². The van der Waals surface area contributed by atoms with Crippen LogP contribution in [0.3, 0.4) is 0 Å². The SMILES string of the molecule is C=Cc1c(C(C2NC2c2cc(F)cc3c2ccc(=O)n3-c2ccc(F)cc2)C(O)(CSCC)C(F)(F)F)ccc(OC)c1F. The maximum atomic E-state index is 15.4. The minimum atomic E-state index is -5.14. The number of hydrogen-bond acceptors (Lipinski definition) is 5. The van der Waals surface area contributed by atoms with Gasteiger partial charge in [0.25, 0.3) is 5.56 Å². The standard InChI is InChI=1S/C32H28F6N2O3S/c1-4-20-22(10-12-25(43-3)28(20)35)27(31(42,16-44-5-2)32(36,37)38)30-29(39-30)23-14-18(34)15-24-21(23)11-13-26(41)40(24)19-8-6-17(33)7-9-19/h4,6-15,27,29-30,39,42H,1,5,16H2,2-3H3. The number of alkyl halides is 3. The van der Waals surface area contributed by atoms with Crippen LogP contribution in [0.2, 0.25) is 0 Å². The van der Waals surface area contributed by atoms with Crippen molar-refractivity contribution >= 4 is 28.7 Å². The summed E-state index contributed by atoms with van der Waals surface area (Å²) in [6.07, 6.45) is -4.07. The molecular formula is C32H28F6N2O3S. The monoisotopic (exact) mass is 634 g/mol. The summed E-state index contributed by atoms with van der Waals surface area (Å²) in [5.74, 6) is -4.70. The molecule has 0 amide bonds. The Labute approximate surface area is 253 Å². The Balaban J connectivity index is 1.70.